The van der Waals surface area contributed by atoms with Crippen molar-refractivity contribution in [1.82, 2.24) is 0 Å². The molecule has 0 aliphatic carbocycles. The van der Waals surface area contributed by atoms with E-state index in [1.807, 2.05) is 0 Å². The summed E-state index contributed by atoms with van der Waals surface area (Å²) in [6, 6.07) is 6.00. The molecule has 1 aromatic carbocycles. The Hall–Kier alpha value is -1.69. The molecule has 0 aliphatic heterocycles. The SMILES string of the molecule is CC(C)(N)CC(=O)Nc1ccccc1OC(F)F. The number of hydrogen-bond donors (Lipinski definition) is 2. The molecule has 0 bridgehead atoms. The summed E-state index contributed by atoms with van der Waals surface area (Å²) in [5, 5.41) is 2.50. The third-order valence-electron chi connectivity index (χ3n) is 1.99. The summed E-state index contributed by atoms with van der Waals surface area (Å²) in [6.45, 7) is 0.469. The van der Waals surface area contributed by atoms with Crippen LogP contribution in [0.15, 0.2) is 24.3 Å². The molecule has 0 aliphatic rings. The van der Waals surface area contributed by atoms with E-state index in [4.69, 9.17) is 5.73 Å². The molecule has 0 aromatic heterocycles. The van der Waals surface area contributed by atoms with Crippen LogP contribution in [0.25, 0.3) is 0 Å². The van der Waals surface area contributed by atoms with Crippen LogP contribution in [-0.2, 0) is 4.79 Å². The highest BCUT2D eigenvalue weighted by Crippen LogP contribution is 2.25. The molecule has 1 amide bonds. The molecular formula is C12H16F2N2O2. The van der Waals surface area contributed by atoms with Gasteiger partial charge in [-0.3, -0.25) is 4.79 Å². The van der Waals surface area contributed by atoms with E-state index in [9.17, 15) is 13.6 Å². The number of benzene rings is 1. The fourth-order valence-electron chi connectivity index (χ4n) is 1.38. The molecule has 0 atom stereocenters. The highest BCUT2D eigenvalue weighted by Gasteiger charge is 2.18. The summed E-state index contributed by atoms with van der Waals surface area (Å²) < 4.78 is 28.6. The van der Waals surface area contributed by atoms with Crippen molar-refractivity contribution in [3.05, 3.63) is 24.3 Å². The predicted octanol–water partition coefficient (Wildman–Crippen LogP) is 2.35. The van der Waals surface area contributed by atoms with E-state index in [2.05, 4.69) is 10.1 Å². The number of rotatable bonds is 5. The average molecular weight is 258 g/mol. The Kier molecular flexibility index (Phi) is 4.61. The minimum absolute atomic E-state index is 0.0734. The molecule has 100 valence electrons. The molecule has 0 unspecified atom stereocenters. The number of nitrogens with one attached hydrogen (secondary N) is 1. The van der Waals surface area contributed by atoms with E-state index in [0.29, 0.717) is 0 Å². The van der Waals surface area contributed by atoms with Gasteiger partial charge in [-0.15, -0.1) is 0 Å². The lowest BCUT2D eigenvalue weighted by Crippen LogP contribution is -2.36. The zero-order valence-electron chi connectivity index (χ0n) is 10.2. The van der Waals surface area contributed by atoms with Crippen molar-refractivity contribution in [2.24, 2.45) is 5.73 Å². The van der Waals surface area contributed by atoms with Crippen LogP contribution in [0.2, 0.25) is 0 Å². The smallest absolute Gasteiger partial charge is 0.387 e. The number of anilines is 1. The van der Waals surface area contributed by atoms with E-state index in [-0.39, 0.29) is 23.8 Å². The Morgan fingerprint density at radius 1 is 1.44 bits per heavy atom. The molecule has 0 radical (unpaired) electrons. The summed E-state index contributed by atoms with van der Waals surface area (Å²) in [5.74, 6) is -0.427. The Morgan fingerprint density at radius 3 is 2.61 bits per heavy atom. The summed E-state index contributed by atoms with van der Waals surface area (Å²) in [6.07, 6.45) is 0.0794. The molecular weight excluding hydrogens is 242 g/mol. The van der Waals surface area contributed by atoms with Gasteiger partial charge in [0.15, 0.2) is 0 Å². The van der Waals surface area contributed by atoms with E-state index < -0.39 is 12.2 Å². The highest BCUT2D eigenvalue weighted by molar-refractivity contribution is 5.92. The molecule has 6 heteroatoms. The second-order valence-electron chi connectivity index (χ2n) is 4.59. The number of halogens is 2. The van der Waals surface area contributed by atoms with E-state index in [0.717, 1.165) is 0 Å². The number of carbonyl (C=O) groups is 1. The van der Waals surface area contributed by atoms with Gasteiger partial charge in [-0.1, -0.05) is 12.1 Å². The molecule has 4 nitrogen and oxygen atoms in total. The van der Waals surface area contributed by atoms with Crippen LogP contribution in [0.1, 0.15) is 20.3 Å². The number of ether oxygens (including phenoxy) is 1. The first-order valence-corrected chi connectivity index (χ1v) is 5.40. The van der Waals surface area contributed by atoms with Crippen molar-refractivity contribution in [2.75, 3.05) is 5.32 Å². The van der Waals surface area contributed by atoms with Crippen LogP contribution < -0.4 is 15.8 Å². The lowest BCUT2D eigenvalue weighted by molar-refractivity contribution is -0.117. The maximum atomic E-state index is 12.2. The summed E-state index contributed by atoms with van der Waals surface area (Å²) in [5.41, 5.74) is 5.23. The van der Waals surface area contributed by atoms with Gasteiger partial charge in [0.05, 0.1) is 5.69 Å². The first-order valence-electron chi connectivity index (χ1n) is 5.40. The summed E-state index contributed by atoms with van der Waals surface area (Å²) in [7, 11) is 0. The fraction of sp³-hybridized carbons (Fsp3) is 0.417. The van der Waals surface area contributed by atoms with Gasteiger partial charge in [0.2, 0.25) is 5.91 Å². The van der Waals surface area contributed by atoms with Crippen molar-refractivity contribution >= 4 is 11.6 Å². The molecule has 0 saturated carbocycles. The average Bonchev–Trinajstić information content (AvgIpc) is 2.17. The minimum atomic E-state index is -2.94. The topological polar surface area (TPSA) is 64.4 Å². The zero-order valence-corrected chi connectivity index (χ0v) is 10.2. The molecule has 0 heterocycles. The zero-order chi connectivity index (χ0) is 13.8. The number of hydrogen-bond acceptors (Lipinski definition) is 3. The lowest BCUT2D eigenvalue weighted by Gasteiger charge is -2.18. The maximum Gasteiger partial charge on any atom is 0.387 e. The van der Waals surface area contributed by atoms with Gasteiger partial charge in [0.1, 0.15) is 5.75 Å². The molecule has 1 rings (SSSR count). The predicted molar refractivity (Wildman–Crippen MR) is 64.6 cm³/mol. The van der Waals surface area contributed by atoms with Gasteiger partial charge >= 0.3 is 6.61 Å². The van der Waals surface area contributed by atoms with Gasteiger partial charge in [-0.25, -0.2) is 0 Å². The van der Waals surface area contributed by atoms with Crippen molar-refractivity contribution in [3.63, 3.8) is 0 Å². The third kappa shape index (κ3) is 5.09. The van der Waals surface area contributed by atoms with Crippen molar-refractivity contribution in [1.29, 1.82) is 0 Å². The number of para-hydroxylation sites is 2. The molecule has 0 spiro atoms. The molecule has 0 fully saturated rings. The number of alkyl halides is 2. The van der Waals surface area contributed by atoms with Gasteiger partial charge in [-0.2, -0.15) is 8.78 Å². The van der Waals surface area contributed by atoms with Crippen LogP contribution in [0.3, 0.4) is 0 Å². The highest BCUT2D eigenvalue weighted by atomic mass is 19.3. The quantitative estimate of drug-likeness (QED) is 0.852. The second kappa shape index (κ2) is 5.77. The van der Waals surface area contributed by atoms with E-state index >= 15 is 0 Å². The summed E-state index contributed by atoms with van der Waals surface area (Å²) >= 11 is 0. The van der Waals surface area contributed by atoms with Crippen molar-refractivity contribution < 1.29 is 18.3 Å². The number of nitrogens with two attached hydrogens (primary N) is 1. The van der Waals surface area contributed by atoms with Gasteiger partial charge < -0.3 is 15.8 Å². The number of carbonyl (C=O) groups excluding carboxylic acids is 1. The van der Waals surface area contributed by atoms with Crippen LogP contribution in [0.5, 0.6) is 5.75 Å². The van der Waals surface area contributed by atoms with E-state index in [1.54, 1.807) is 26.0 Å². The molecule has 18 heavy (non-hydrogen) atoms. The third-order valence-corrected chi connectivity index (χ3v) is 1.99. The molecule has 3 N–H and O–H groups in total. The Bertz CT molecular complexity index is 417. The molecule has 0 saturated heterocycles. The first kappa shape index (κ1) is 14.4. The lowest BCUT2D eigenvalue weighted by atomic mass is 10.0. The monoisotopic (exact) mass is 258 g/mol. The van der Waals surface area contributed by atoms with Crippen LogP contribution >= 0.6 is 0 Å². The van der Waals surface area contributed by atoms with E-state index in [1.165, 1.54) is 12.1 Å². The van der Waals surface area contributed by atoms with Gasteiger partial charge in [0.25, 0.3) is 0 Å². The Morgan fingerprint density at radius 2 is 2.06 bits per heavy atom. The standard InChI is InChI=1S/C12H16F2N2O2/c1-12(2,15)7-10(17)16-8-5-3-4-6-9(8)18-11(13)14/h3-6,11H,7,15H2,1-2H3,(H,16,17). The Labute approximate surface area is 104 Å². The number of amides is 1. The maximum absolute atomic E-state index is 12.2. The van der Waals surface area contributed by atoms with Crippen LogP contribution in [-0.4, -0.2) is 18.1 Å². The summed E-state index contributed by atoms with van der Waals surface area (Å²) in [4.78, 5) is 11.6. The van der Waals surface area contributed by atoms with Gasteiger partial charge in [0, 0.05) is 12.0 Å². The van der Waals surface area contributed by atoms with Crippen LogP contribution in [0.4, 0.5) is 14.5 Å². The normalized spacial score (nSPS) is 11.4. The largest absolute Gasteiger partial charge is 0.433 e. The van der Waals surface area contributed by atoms with Crippen molar-refractivity contribution in [2.45, 2.75) is 32.4 Å². The Balaban J connectivity index is 2.75. The van der Waals surface area contributed by atoms with Crippen LogP contribution in [0, 0.1) is 0 Å². The first-order chi connectivity index (χ1) is 8.28. The molecule has 1 aromatic rings. The fourth-order valence-corrected chi connectivity index (χ4v) is 1.38. The second-order valence-corrected chi connectivity index (χ2v) is 4.59. The minimum Gasteiger partial charge on any atom is -0.433 e. The van der Waals surface area contributed by atoms with Crippen molar-refractivity contribution in [3.8, 4) is 5.75 Å². The van der Waals surface area contributed by atoms with Gasteiger partial charge in [-0.05, 0) is 26.0 Å².